The Kier molecular flexibility index (Phi) is 6.25. The molecule has 0 aromatic heterocycles. The van der Waals surface area contributed by atoms with Gasteiger partial charge in [-0.2, -0.15) is 5.26 Å². The van der Waals surface area contributed by atoms with Crippen LogP contribution in [0.2, 0.25) is 0 Å². The smallest absolute Gasteiger partial charge is 0.116 e. The maximum atomic E-state index is 9.47. The number of hydrogen-bond acceptors (Lipinski definition) is 4. The molecule has 110 valence electrons. The largest absolute Gasteiger partial charge is 0.308 e. The molecule has 0 bridgehead atoms. The lowest BCUT2D eigenvalue weighted by atomic mass is 10.0. The molecule has 0 spiro atoms. The van der Waals surface area contributed by atoms with E-state index in [1.165, 1.54) is 12.8 Å². The van der Waals surface area contributed by atoms with Gasteiger partial charge < -0.3 is 4.90 Å². The fourth-order valence-electron chi connectivity index (χ4n) is 2.33. The Hall–Kier alpha value is -0.630. The van der Waals surface area contributed by atoms with Crippen molar-refractivity contribution >= 4 is 0 Å². The molecule has 19 heavy (non-hydrogen) atoms. The van der Waals surface area contributed by atoms with Gasteiger partial charge in [-0.25, -0.2) is 0 Å². The highest BCUT2D eigenvalue weighted by atomic mass is 15.2. The van der Waals surface area contributed by atoms with E-state index in [4.69, 9.17) is 0 Å². The second-order valence-corrected chi connectivity index (χ2v) is 6.79. The van der Waals surface area contributed by atoms with Crippen LogP contribution in [0.25, 0.3) is 0 Å². The number of hydrogen-bond donors (Lipinski definition) is 1. The van der Waals surface area contributed by atoms with Crippen LogP contribution in [0.1, 0.15) is 33.6 Å². The van der Waals surface area contributed by atoms with Crippen molar-refractivity contribution in [1.29, 1.82) is 5.26 Å². The van der Waals surface area contributed by atoms with Crippen LogP contribution in [0, 0.1) is 17.2 Å². The third-order valence-electron chi connectivity index (χ3n) is 3.37. The van der Waals surface area contributed by atoms with E-state index in [-0.39, 0.29) is 0 Å². The van der Waals surface area contributed by atoms with Crippen LogP contribution in [0.5, 0.6) is 0 Å². The van der Waals surface area contributed by atoms with E-state index >= 15 is 0 Å². The van der Waals surface area contributed by atoms with Crippen LogP contribution in [0.15, 0.2) is 0 Å². The summed E-state index contributed by atoms with van der Waals surface area (Å²) in [7, 11) is 4.19. The first-order valence-electron chi connectivity index (χ1n) is 7.40. The van der Waals surface area contributed by atoms with Gasteiger partial charge in [0.05, 0.1) is 6.07 Å². The van der Waals surface area contributed by atoms with Gasteiger partial charge in [-0.1, -0.05) is 13.8 Å². The zero-order chi connectivity index (χ0) is 14.5. The summed E-state index contributed by atoms with van der Waals surface area (Å²) in [5.41, 5.74) is -0.414. The second-order valence-electron chi connectivity index (χ2n) is 6.79. The SMILES string of the molecule is CC(C)CN(CCN(C)C)CC(C)(C#N)NC1CC1. The summed E-state index contributed by atoms with van der Waals surface area (Å²) in [6, 6.07) is 3.04. The van der Waals surface area contributed by atoms with Gasteiger partial charge in [0.1, 0.15) is 5.54 Å². The Morgan fingerprint density at radius 1 is 1.32 bits per heavy atom. The van der Waals surface area contributed by atoms with Gasteiger partial charge in [0.2, 0.25) is 0 Å². The summed E-state index contributed by atoms with van der Waals surface area (Å²) in [5, 5.41) is 13.0. The normalized spacial score (nSPS) is 18.9. The molecule has 0 amide bonds. The third-order valence-corrected chi connectivity index (χ3v) is 3.37. The summed E-state index contributed by atoms with van der Waals surface area (Å²) in [4.78, 5) is 4.62. The number of nitrogens with zero attached hydrogens (tertiary/aromatic N) is 3. The molecular weight excluding hydrogens is 236 g/mol. The maximum Gasteiger partial charge on any atom is 0.116 e. The van der Waals surface area contributed by atoms with Crippen LogP contribution >= 0.6 is 0 Å². The average Bonchev–Trinajstić information content (AvgIpc) is 3.09. The minimum atomic E-state index is -0.414. The first kappa shape index (κ1) is 16.4. The Bertz CT molecular complexity index is 304. The van der Waals surface area contributed by atoms with Gasteiger partial charge in [0.25, 0.3) is 0 Å². The molecule has 0 heterocycles. The fourth-order valence-corrected chi connectivity index (χ4v) is 2.33. The number of nitriles is 1. The predicted molar refractivity (Wildman–Crippen MR) is 80.0 cm³/mol. The summed E-state index contributed by atoms with van der Waals surface area (Å²) in [6.07, 6.45) is 2.44. The highest BCUT2D eigenvalue weighted by Crippen LogP contribution is 2.23. The highest BCUT2D eigenvalue weighted by Gasteiger charge is 2.34. The van der Waals surface area contributed by atoms with E-state index in [2.05, 4.69) is 49.1 Å². The van der Waals surface area contributed by atoms with E-state index in [9.17, 15) is 5.26 Å². The molecule has 0 aliphatic heterocycles. The Labute approximate surface area is 118 Å². The molecule has 4 heteroatoms. The molecule has 1 atom stereocenters. The average molecular weight is 266 g/mol. The molecule has 1 fully saturated rings. The Balaban J connectivity index is 2.54. The van der Waals surface area contributed by atoms with Gasteiger partial charge >= 0.3 is 0 Å². The van der Waals surface area contributed by atoms with Crippen molar-refractivity contribution < 1.29 is 0 Å². The van der Waals surface area contributed by atoms with Gasteiger partial charge in [-0.15, -0.1) is 0 Å². The minimum Gasteiger partial charge on any atom is -0.308 e. The van der Waals surface area contributed by atoms with Crippen molar-refractivity contribution in [2.24, 2.45) is 5.92 Å². The first-order chi connectivity index (χ1) is 8.84. The van der Waals surface area contributed by atoms with E-state index in [1.807, 2.05) is 6.92 Å². The molecule has 0 aromatic rings. The third kappa shape index (κ3) is 6.91. The second kappa shape index (κ2) is 7.23. The van der Waals surface area contributed by atoms with Crippen LogP contribution in [0.3, 0.4) is 0 Å². The van der Waals surface area contributed by atoms with Crippen LogP contribution < -0.4 is 5.32 Å². The predicted octanol–water partition coefficient (Wildman–Crippen LogP) is 1.54. The van der Waals surface area contributed by atoms with Crippen molar-refractivity contribution in [3.8, 4) is 6.07 Å². The highest BCUT2D eigenvalue weighted by molar-refractivity contribution is 5.09. The molecule has 1 rings (SSSR count). The van der Waals surface area contributed by atoms with Gasteiger partial charge in [0.15, 0.2) is 0 Å². The summed E-state index contributed by atoms with van der Waals surface area (Å²) >= 11 is 0. The van der Waals surface area contributed by atoms with E-state index in [0.717, 1.165) is 26.2 Å². The van der Waals surface area contributed by atoms with E-state index in [0.29, 0.717) is 12.0 Å². The zero-order valence-corrected chi connectivity index (χ0v) is 13.2. The standard InChI is InChI=1S/C15H30N4/c1-13(2)10-19(9-8-18(4)5)12-15(3,11-16)17-14-6-7-14/h13-14,17H,6-10,12H2,1-5H3. The van der Waals surface area contributed by atoms with E-state index in [1.54, 1.807) is 0 Å². The molecule has 0 radical (unpaired) electrons. The Morgan fingerprint density at radius 3 is 2.37 bits per heavy atom. The minimum absolute atomic E-state index is 0.414. The summed E-state index contributed by atoms with van der Waals surface area (Å²) in [5.74, 6) is 0.631. The molecular formula is C15H30N4. The fraction of sp³-hybridized carbons (Fsp3) is 0.933. The number of likely N-dealkylation sites (N-methyl/N-ethyl adjacent to an activating group) is 1. The first-order valence-corrected chi connectivity index (χ1v) is 7.40. The lowest BCUT2D eigenvalue weighted by molar-refractivity contribution is 0.182. The van der Waals surface area contributed by atoms with Crippen LogP contribution in [0.4, 0.5) is 0 Å². The lowest BCUT2D eigenvalue weighted by Crippen LogP contribution is -2.52. The number of rotatable bonds is 9. The molecule has 1 aliphatic carbocycles. The van der Waals surface area contributed by atoms with Crippen molar-refractivity contribution in [3.63, 3.8) is 0 Å². The Morgan fingerprint density at radius 2 is 1.95 bits per heavy atom. The van der Waals surface area contributed by atoms with Crippen molar-refractivity contribution in [3.05, 3.63) is 0 Å². The maximum absolute atomic E-state index is 9.47. The zero-order valence-electron chi connectivity index (χ0n) is 13.2. The topological polar surface area (TPSA) is 42.3 Å². The molecule has 1 N–H and O–H groups in total. The van der Waals surface area contributed by atoms with Crippen molar-refractivity contribution in [1.82, 2.24) is 15.1 Å². The van der Waals surface area contributed by atoms with Gasteiger partial charge in [-0.05, 0) is 39.8 Å². The van der Waals surface area contributed by atoms with Crippen molar-refractivity contribution in [2.45, 2.75) is 45.2 Å². The summed E-state index contributed by atoms with van der Waals surface area (Å²) in [6.45, 7) is 10.4. The quantitative estimate of drug-likeness (QED) is 0.687. The monoisotopic (exact) mass is 266 g/mol. The van der Waals surface area contributed by atoms with Gasteiger partial charge in [0, 0.05) is 32.2 Å². The van der Waals surface area contributed by atoms with Crippen LogP contribution in [-0.4, -0.2) is 61.7 Å². The molecule has 0 aromatic carbocycles. The molecule has 1 saturated carbocycles. The van der Waals surface area contributed by atoms with E-state index < -0.39 is 5.54 Å². The van der Waals surface area contributed by atoms with Gasteiger partial charge in [-0.3, -0.25) is 10.2 Å². The number of nitrogens with one attached hydrogen (secondary N) is 1. The van der Waals surface area contributed by atoms with Crippen molar-refractivity contribution in [2.75, 3.05) is 40.3 Å². The van der Waals surface area contributed by atoms with Crippen LogP contribution in [-0.2, 0) is 0 Å². The molecule has 1 unspecified atom stereocenters. The molecule has 4 nitrogen and oxygen atoms in total. The molecule has 0 saturated heterocycles. The molecule has 1 aliphatic rings. The summed E-state index contributed by atoms with van der Waals surface area (Å²) < 4.78 is 0. The lowest BCUT2D eigenvalue weighted by Gasteiger charge is -2.33.